The highest BCUT2D eigenvalue weighted by molar-refractivity contribution is 6.16. The molecule has 0 radical (unpaired) electrons. The largest absolute Gasteiger partial charge is 0.381 e. The van der Waals surface area contributed by atoms with Crippen molar-refractivity contribution in [3.8, 4) is 0 Å². The monoisotopic (exact) mass is 270 g/mol. The smallest absolute Gasteiger partial charge is 0.330 e. The minimum absolute atomic E-state index is 0.292. The van der Waals surface area contributed by atoms with Crippen LogP contribution in [0.25, 0.3) is 0 Å². The fourth-order valence-corrected chi connectivity index (χ4v) is 1.91. The Labute approximate surface area is 113 Å². The van der Waals surface area contributed by atoms with Crippen LogP contribution in [0.4, 0.5) is 4.79 Å². The maximum Gasteiger partial charge on any atom is 0.330 e. The molecule has 1 saturated heterocycles. The Morgan fingerprint density at radius 1 is 1.16 bits per heavy atom. The van der Waals surface area contributed by atoms with Gasteiger partial charge in [-0.3, -0.25) is 19.8 Å². The van der Waals surface area contributed by atoms with Crippen LogP contribution in [0.2, 0.25) is 0 Å². The molecule has 1 unspecified atom stereocenters. The number of nitrogens with zero attached hydrogens (tertiary/aromatic N) is 1. The van der Waals surface area contributed by atoms with Crippen LogP contribution in [0.3, 0.4) is 0 Å². The molecule has 6 nitrogen and oxygen atoms in total. The molecule has 0 aromatic carbocycles. The van der Waals surface area contributed by atoms with E-state index < -0.39 is 23.8 Å². The molecule has 0 aliphatic carbocycles. The van der Waals surface area contributed by atoms with Crippen molar-refractivity contribution in [1.82, 2.24) is 10.2 Å². The molecule has 1 aliphatic heterocycles. The molecule has 0 bridgehead atoms. The van der Waals surface area contributed by atoms with Gasteiger partial charge in [0.05, 0.1) is 0 Å². The summed E-state index contributed by atoms with van der Waals surface area (Å²) in [6.45, 7) is 5.35. The van der Waals surface area contributed by atoms with Crippen molar-refractivity contribution < 1.29 is 19.1 Å². The van der Waals surface area contributed by atoms with Crippen molar-refractivity contribution in [3.05, 3.63) is 0 Å². The molecule has 0 aromatic rings. The molecular weight excluding hydrogens is 248 g/mol. The minimum Gasteiger partial charge on any atom is -0.381 e. The van der Waals surface area contributed by atoms with Crippen LogP contribution in [0.5, 0.6) is 0 Å². The summed E-state index contributed by atoms with van der Waals surface area (Å²) in [5, 5.41) is 2.21. The van der Waals surface area contributed by atoms with Gasteiger partial charge < -0.3 is 4.74 Å². The van der Waals surface area contributed by atoms with Crippen molar-refractivity contribution in [2.75, 3.05) is 19.8 Å². The number of carbonyl (C=O) groups is 3. The molecule has 0 saturated carbocycles. The summed E-state index contributed by atoms with van der Waals surface area (Å²) in [5.41, 5.74) is 0. The Hall–Kier alpha value is -1.43. The summed E-state index contributed by atoms with van der Waals surface area (Å²) in [7, 11) is 0. The van der Waals surface area contributed by atoms with Crippen molar-refractivity contribution in [3.63, 3.8) is 0 Å². The molecule has 108 valence electrons. The predicted octanol–water partition coefficient (Wildman–Crippen LogP) is 1.30. The topological polar surface area (TPSA) is 75.7 Å². The maximum absolute atomic E-state index is 11.9. The number of carbonyl (C=O) groups excluding carboxylic acids is 3. The number of amides is 4. The van der Waals surface area contributed by atoms with Gasteiger partial charge in [0.25, 0.3) is 0 Å². The van der Waals surface area contributed by atoms with Crippen LogP contribution >= 0.6 is 0 Å². The standard InChI is InChI=1S/C13H22N2O4/c1-3-5-8-19-9-6-7-15-12(17)10(4-2)11(16)14-13(15)18/h10H,3-9H2,1-2H3,(H,14,16,18). The van der Waals surface area contributed by atoms with E-state index in [0.29, 0.717) is 32.6 Å². The quantitative estimate of drug-likeness (QED) is 0.533. The summed E-state index contributed by atoms with van der Waals surface area (Å²) in [6.07, 6.45) is 3.08. The van der Waals surface area contributed by atoms with E-state index >= 15 is 0 Å². The van der Waals surface area contributed by atoms with Gasteiger partial charge >= 0.3 is 6.03 Å². The third kappa shape index (κ3) is 4.31. The zero-order valence-electron chi connectivity index (χ0n) is 11.6. The summed E-state index contributed by atoms with van der Waals surface area (Å²) in [6, 6.07) is -0.617. The normalized spacial score (nSPS) is 19.8. The Morgan fingerprint density at radius 3 is 2.47 bits per heavy atom. The number of barbiturate groups is 1. The Morgan fingerprint density at radius 2 is 1.84 bits per heavy atom. The SMILES string of the molecule is CCCCOCCCN1C(=O)NC(=O)C(CC)C1=O. The molecule has 1 aliphatic rings. The Kier molecular flexibility index (Phi) is 6.49. The zero-order valence-corrected chi connectivity index (χ0v) is 11.6. The van der Waals surface area contributed by atoms with Gasteiger partial charge in [-0.25, -0.2) is 4.79 Å². The van der Waals surface area contributed by atoms with E-state index in [1.807, 2.05) is 0 Å². The van der Waals surface area contributed by atoms with Crippen molar-refractivity contribution in [2.24, 2.45) is 5.92 Å². The van der Waals surface area contributed by atoms with E-state index in [-0.39, 0.29) is 0 Å². The lowest BCUT2D eigenvalue weighted by molar-refractivity contribution is -0.142. The number of urea groups is 1. The van der Waals surface area contributed by atoms with Crippen LogP contribution in [-0.2, 0) is 14.3 Å². The van der Waals surface area contributed by atoms with Gasteiger partial charge in [-0.05, 0) is 19.3 Å². The first-order valence-corrected chi connectivity index (χ1v) is 6.85. The molecule has 1 N–H and O–H groups in total. The molecule has 19 heavy (non-hydrogen) atoms. The molecule has 4 amide bonds. The zero-order chi connectivity index (χ0) is 14.3. The van der Waals surface area contributed by atoms with E-state index in [1.54, 1.807) is 6.92 Å². The summed E-state index contributed by atoms with van der Waals surface area (Å²) >= 11 is 0. The average Bonchev–Trinajstić information content (AvgIpc) is 2.37. The van der Waals surface area contributed by atoms with Crippen molar-refractivity contribution in [1.29, 1.82) is 0 Å². The number of hydrogen-bond donors (Lipinski definition) is 1. The number of rotatable bonds is 8. The van der Waals surface area contributed by atoms with E-state index in [4.69, 9.17) is 4.74 Å². The lowest BCUT2D eigenvalue weighted by Crippen LogP contribution is -2.57. The lowest BCUT2D eigenvalue weighted by atomic mass is 10.0. The summed E-state index contributed by atoms with van der Waals surface area (Å²) < 4.78 is 5.37. The Balaban J connectivity index is 2.37. The molecule has 1 fully saturated rings. The lowest BCUT2D eigenvalue weighted by Gasteiger charge is -2.29. The van der Waals surface area contributed by atoms with E-state index in [2.05, 4.69) is 12.2 Å². The van der Waals surface area contributed by atoms with Gasteiger partial charge in [-0.15, -0.1) is 0 Å². The van der Waals surface area contributed by atoms with E-state index in [9.17, 15) is 14.4 Å². The van der Waals surface area contributed by atoms with Crippen LogP contribution in [-0.4, -0.2) is 42.5 Å². The van der Waals surface area contributed by atoms with Crippen LogP contribution in [0.1, 0.15) is 39.5 Å². The fraction of sp³-hybridized carbons (Fsp3) is 0.769. The third-order valence-corrected chi connectivity index (χ3v) is 3.08. The first-order valence-electron chi connectivity index (χ1n) is 6.85. The molecule has 0 aromatic heterocycles. The first-order chi connectivity index (χ1) is 9.11. The van der Waals surface area contributed by atoms with Gasteiger partial charge in [-0.1, -0.05) is 20.3 Å². The average molecular weight is 270 g/mol. The van der Waals surface area contributed by atoms with Crippen molar-refractivity contribution in [2.45, 2.75) is 39.5 Å². The maximum atomic E-state index is 11.9. The van der Waals surface area contributed by atoms with Gasteiger partial charge in [-0.2, -0.15) is 0 Å². The second-order valence-electron chi connectivity index (χ2n) is 4.56. The summed E-state index contributed by atoms with van der Waals surface area (Å²) in [5.74, 6) is -1.63. The fourth-order valence-electron chi connectivity index (χ4n) is 1.91. The third-order valence-electron chi connectivity index (χ3n) is 3.08. The second kappa shape index (κ2) is 7.89. The number of ether oxygens (including phenoxy) is 1. The van der Waals surface area contributed by atoms with Crippen LogP contribution < -0.4 is 5.32 Å². The molecule has 1 rings (SSSR count). The van der Waals surface area contributed by atoms with Gasteiger partial charge in [0.15, 0.2) is 0 Å². The highest BCUT2D eigenvalue weighted by atomic mass is 16.5. The first kappa shape index (κ1) is 15.6. The highest BCUT2D eigenvalue weighted by Crippen LogP contribution is 2.14. The van der Waals surface area contributed by atoms with Gasteiger partial charge in [0.2, 0.25) is 11.8 Å². The Bertz CT molecular complexity index is 344. The number of unbranched alkanes of at least 4 members (excludes halogenated alkanes) is 1. The van der Waals surface area contributed by atoms with E-state index in [0.717, 1.165) is 17.7 Å². The van der Waals surface area contributed by atoms with Crippen LogP contribution in [0.15, 0.2) is 0 Å². The molecule has 1 heterocycles. The highest BCUT2D eigenvalue weighted by Gasteiger charge is 2.38. The summed E-state index contributed by atoms with van der Waals surface area (Å²) in [4.78, 5) is 36.1. The molecule has 0 spiro atoms. The van der Waals surface area contributed by atoms with Crippen LogP contribution in [0, 0.1) is 5.92 Å². The van der Waals surface area contributed by atoms with Gasteiger partial charge in [0.1, 0.15) is 5.92 Å². The molecular formula is C13H22N2O4. The second-order valence-corrected chi connectivity index (χ2v) is 4.56. The predicted molar refractivity (Wildman–Crippen MR) is 69.4 cm³/mol. The van der Waals surface area contributed by atoms with Crippen molar-refractivity contribution >= 4 is 17.8 Å². The number of hydrogen-bond acceptors (Lipinski definition) is 4. The van der Waals surface area contributed by atoms with E-state index in [1.165, 1.54) is 0 Å². The number of imide groups is 2. The molecule has 1 atom stereocenters. The minimum atomic E-state index is -0.737. The number of nitrogens with one attached hydrogen (secondary N) is 1. The van der Waals surface area contributed by atoms with Gasteiger partial charge in [0, 0.05) is 19.8 Å². The molecule has 6 heteroatoms.